The maximum atomic E-state index is 6.07. The van der Waals surface area contributed by atoms with Crippen molar-refractivity contribution in [2.45, 2.75) is 19.3 Å². The molecule has 1 aromatic carbocycles. The molecule has 2 N–H and O–H groups in total. The number of hydrogen-bond donors (Lipinski definition) is 2. The van der Waals surface area contributed by atoms with Crippen LogP contribution in [0, 0.1) is 5.92 Å². The van der Waals surface area contributed by atoms with Gasteiger partial charge in [-0.1, -0.05) is 12.1 Å². The van der Waals surface area contributed by atoms with Gasteiger partial charge in [0.2, 0.25) is 0 Å². The molecule has 0 spiro atoms. The highest BCUT2D eigenvalue weighted by Gasteiger charge is 2.23. The monoisotopic (exact) mass is 268 g/mol. The fourth-order valence-electron chi connectivity index (χ4n) is 2.88. The largest absolute Gasteiger partial charge is 0.493 e. The second-order valence-corrected chi connectivity index (χ2v) is 5.82. The molecule has 0 amide bonds. The molecule has 3 nitrogen and oxygen atoms in total. The van der Waals surface area contributed by atoms with E-state index in [1.54, 1.807) is 0 Å². The van der Waals surface area contributed by atoms with Crippen LogP contribution >= 0.6 is 0 Å². The average molecular weight is 268 g/mol. The first-order valence-corrected chi connectivity index (χ1v) is 7.55. The van der Waals surface area contributed by atoms with Crippen molar-refractivity contribution in [2.75, 3.05) is 19.7 Å². The zero-order valence-corrected chi connectivity index (χ0v) is 11.6. The minimum atomic E-state index is 0.783. The molecule has 1 saturated carbocycles. The average Bonchev–Trinajstić information content (AvgIpc) is 3.23. The van der Waals surface area contributed by atoms with Crippen molar-refractivity contribution in [3.05, 3.63) is 36.0 Å². The van der Waals surface area contributed by atoms with Crippen molar-refractivity contribution >= 4 is 16.5 Å². The Labute approximate surface area is 119 Å². The van der Waals surface area contributed by atoms with Crippen LogP contribution in [0.4, 0.5) is 0 Å². The highest BCUT2D eigenvalue weighted by atomic mass is 16.5. The predicted octanol–water partition coefficient (Wildman–Crippen LogP) is 3.33. The van der Waals surface area contributed by atoms with E-state index in [1.165, 1.54) is 34.9 Å². The third-order valence-corrected chi connectivity index (χ3v) is 4.25. The molecule has 0 bridgehead atoms. The minimum absolute atomic E-state index is 0.783. The summed E-state index contributed by atoms with van der Waals surface area (Å²) in [5, 5.41) is 4.62. The number of benzene rings is 1. The first-order chi connectivity index (χ1) is 9.92. The second-order valence-electron chi connectivity index (χ2n) is 5.82. The van der Waals surface area contributed by atoms with E-state index in [0.717, 1.165) is 37.8 Å². The number of aromatic amines is 1. The molecule has 4 rings (SSSR count). The Kier molecular flexibility index (Phi) is 3.00. The van der Waals surface area contributed by atoms with Gasteiger partial charge in [0.1, 0.15) is 5.75 Å². The SMILES string of the molecule is C1=C(c2c[nH]c3cccc(OCC4CC4)c23)CCNC1. The summed E-state index contributed by atoms with van der Waals surface area (Å²) in [6, 6.07) is 6.30. The number of aromatic nitrogens is 1. The fraction of sp³-hybridized carbons (Fsp3) is 0.412. The number of rotatable bonds is 4. The third kappa shape index (κ3) is 2.22. The van der Waals surface area contributed by atoms with E-state index >= 15 is 0 Å². The number of fused-ring (bicyclic) bond motifs is 1. The van der Waals surface area contributed by atoms with Crippen LogP contribution in [0.3, 0.4) is 0 Å². The van der Waals surface area contributed by atoms with Crippen molar-refractivity contribution < 1.29 is 4.74 Å². The molecule has 3 heteroatoms. The molecular formula is C17H20N2O. The first-order valence-electron chi connectivity index (χ1n) is 7.55. The van der Waals surface area contributed by atoms with Crippen LogP contribution < -0.4 is 10.1 Å². The minimum Gasteiger partial charge on any atom is -0.493 e. The summed E-state index contributed by atoms with van der Waals surface area (Å²) in [6.45, 7) is 2.89. The standard InChI is InChI=1S/C17H20N2O/c1-2-15-17(16(3-1)20-11-12-4-5-12)14(10-19-15)13-6-8-18-9-7-13/h1-3,6,10,12,18-19H,4-5,7-9,11H2. The van der Waals surface area contributed by atoms with Crippen molar-refractivity contribution in [2.24, 2.45) is 5.92 Å². The van der Waals surface area contributed by atoms with Gasteiger partial charge in [-0.25, -0.2) is 0 Å². The first kappa shape index (κ1) is 12.0. The normalized spacial score (nSPS) is 19.1. The Balaban J connectivity index is 1.74. The van der Waals surface area contributed by atoms with E-state index in [1.807, 2.05) is 0 Å². The highest BCUT2D eigenvalue weighted by Crippen LogP contribution is 2.36. The Morgan fingerprint density at radius 2 is 2.20 bits per heavy atom. The summed E-state index contributed by atoms with van der Waals surface area (Å²) in [4.78, 5) is 3.39. The summed E-state index contributed by atoms with van der Waals surface area (Å²) < 4.78 is 6.07. The summed E-state index contributed by atoms with van der Waals surface area (Å²) in [7, 11) is 0. The molecule has 20 heavy (non-hydrogen) atoms. The molecular weight excluding hydrogens is 248 g/mol. The van der Waals surface area contributed by atoms with Gasteiger partial charge in [0, 0.05) is 29.2 Å². The number of hydrogen-bond acceptors (Lipinski definition) is 2. The van der Waals surface area contributed by atoms with E-state index in [2.05, 4.69) is 40.8 Å². The van der Waals surface area contributed by atoms with Gasteiger partial charge in [0.05, 0.1) is 6.61 Å². The smallest absolute Gasteiger partial charge is 0.129 e. The highest BCUT2D eigenvalue weighted by molar-refractivity contribution is 5.97. The molecule has 1 aliphatic heterocycles. The summed E-state index contributed by atoms with van der Waals surface area (Å²) in [5.41, 5.74) is 3.91. The summed E-state index contributed by atoms with van der Waals surface area (Å²) >= 11 is 0. The molecule has 2 aliphatic rings. The lowest BCUT2D eigenvalue weighted by Crippen LogP contribution is -2.19. The van der Waals surface area contributed by atoms with Crippen molar-refractivity contribution in [1.29, 1.82) is 0 Å². The lowest BCUT2D eigenvalue weighted by atomic mass is 9.99. The van der Waals surface area contributed by atoms with Crippen LogP contribution in [0.5, 0.6) is 5.75 Å². The van der Waals surface area contributed by atoms with Crippen LogP contribution in [0.1, 0.15) is 24.8 Å². The van der Waals surface area contributed by atoms with E-state index < -0.39 is 0 Å². The van der Waals surface area contributed by atoms with Crippen LogP contribution in [0.25, 0.3) is 16.5 Å². The van der Waals surface area contributed by atoms with Gasteiger partial charge in [-0.3, -0.25) is 0 Å². The van der Waals surface area contributed by atoms with Crippen molar-refractivity contribution in [3.8, 4) is 5.75 Å². The van der Waals surface area contributed by atoms with Gasteiger partial charge < -0.3 is 15.0 Å². The number of H-pyrrole nitrogens is 1. The van der Waals surface area contributed by atoms with Crippen molar-refractivity contribution in [1.82, 2.24) is 10.3 Å². The van der Waals surface area contributed by atoms with E-state index in [4.69, 9.17) is 4.74 Å². The Bertz CT molecular complexity index is 652. The summed E-state index contributed by atoms with van der Waals surface area (Å²) in [6.07, 6.45) is 8.17. The molecule has 0 unspecified atom stereocenters. The topological polar surface area (TPSA) is 37.0 Å². The van der Waals surface area contributed by atoms with Gasteiger partial charge in [-0.05, 0) is 49.4 Å². The van der Waals surface area contributed by atoms with Crippen molar-refractivity contribution in [3.63, 3.8) is 0 Å². The second kappa shape index (κ2) is 4.98. The zero-order chi connectivity index (χ0) is 13.4. The fourth-order valence-corrected chi connectivity index (χ4v) is 2.88. The lowest BCUT2D eigenvalue weighted by Gasteiger charge is -2.14. The summed E-state index contributed by atoms with van der Waals surface area (Å²) in [5.74, 6) is 1.82. The Morgan fingerprint density at radius 3 is 3.00 bits per heavy atom. The zero-order valence-electron chi connectivity index (χ0n) is 11.6. The molecule has 0 atom stereocenters. The number of nitrogens with one attached hydrogen (secondary N) is 2. The molecule has 0 radical (unpaired) electrons. The van der Waals surface area contributed by atoms with Gasteiger partial charge in [0.15, 0.2) is 0 Å². The molecule has 0 saturated heterocycles. The van der Waals surface area contributed by atoms with Crippen LogP contribution in [-0.4, -0.2) is 24.7 Å². The third-order valence-electron chi connectivity index (χ3n) is 4.25. The Hall–Kier alpha value is -1.74. The maximum absolute atomic E-state index is 6.07. The van der Waals surface area contributed by atoms with Gasteiger partial charge in [-0.2, -0.15) is 0 Å². The van der Waals surface area contributed by atoms with Gasteiger partial charge in [0.25, 0.3) is 0 Å². The lowest BCUT2D eigenvalue weighted by molar-refractivity contribution is 0.303. The Morgan fingerprint density at radius 1 is 1.25 bits per heavy atom. The molecule has 1 aliphatic carbocycles. The molecule has 1 fully saturated rings. The molecule has 1 aromatic heterocycles. The van der Waals surface area contributed by atoms with E-state index in [-0.39, 0.29) is 0 Å². The van der Waals surface area contributed by atoms with Gasteiger partial charge >= 0.3 is 0 Å². The molecule has 2 aromatic rings. The number of ether oxygens (including phenoxy) is 1. The van der Waals surface area contributed by atoms with Crippen LogP contribution in [0.2, 0.25) is 0 Å². The van der Waals surface area contributed by atoms with Crippen LogP contribution in [0.15, 0.2) is 30.5 Å². The predicted molar refractivity (Wildman–Crippen MR) is 82.0 cm³/mol. The quantitative estimate of drug-likeness (QED) is 0.892. The van der Waals surface area contributed by atoms with E-state index in [9.17, 15) is 0 Å². The maximum Gasteiger partial charge on any atom is 0.129 e. The molecule has 104 valence electrons. The van der Waals surface area contributed by atoms with E-state index in [0.29, 0.717) is 0 Å². The van der Waals surface area contributed by atoms with Crippen LogP contribution in [-0.2, 0) is 0 Å². The molecule has 2 heterocycles. The van der Waals surface area contributed by atoms with Gasteiger partial charge in [-0.15, -0.1) is 0 Å².